The molecule has 3 aromatic carbocycles. The van der Waals surface area contributed by atoms with Crippen LogP contribution in [0.5, 0.6) is 11.5 Å². The van der Waals surface area contributed by atoms with Crippen LogP contribution in [0.1, 0.15) is 64.7 Å². The van der Waals surface area contributed by atoms with Gasteiger partial charge in [0.1, 0.15) is 17.1 Å². The van der Waals surface area contributed by atoms with E-state index in [2.05, 4.69) is 13.8 Å². The monoisotopic (exact) mass is 478 g/mol. The van der Waals surface area contributed by atoms with Gasteiger partial charge in [0, 0.05) is 17.0 Å². The minimum atomic E-state index is -0.672. The standard InChI is InChI=1S/C30H22O6/c1-16(2)18-9-7-17(8-10-18)13-25-29(33)20-11-12-24-27(30(20)36-25)21(14-26(31)35-24)22-15-34-23-6-4-3-5-19(23)28(22)32/h3-13,15-16,21H,14H2,1-2H3/b25-13-/t21-/m0/s1. The van der Waals surface area contributed by atoms with Gasteiger partial charge in [0.05, 0.1) is 23.6 Å². The summed E-state index contributed by atoms with van der Waals surface area (Å²) < 4.78 is 17.3. The lowest BCUT2D eigenvalue weighted by atomic mass is 9.85. The zero-order chi connectivity index (χ0) is 25.0. The van der Waals surface area contributed by atoms with Crippen molar-refractivity contribution in [3.05, 3.63) is 111 Å². The number of Topliss-reactive ketones (excluding diaryl/α,β-unsaturated/α-hetero) is 1. The van der Waals surface area contributed by atoms with E-state index in [0.29, 0.717) is 39.3 Å². The lowest BCUT2D eigenvalue weighted by molar-refractivity contribution is -0.135. The minimum Gasteiger partial charge on any atom is -0.464 e. The van der Waals surface area contributed by atoms with E-state index in [9.17, 15) is 14.4 Å². The normalized spacial score (nSPS) is 17.8. The lowest BCUT2D eigenvalue weighted by Crippen LogP contribution is -2.25. The molecule has 4 aromatic rings. The van der Waals surface area contributed by atoms with Gasteiger partial charge in [0.2, 0.25) is 5.78 Å². The van der Waals surface area contributed by atoms with Crippen LogP contribution in [0.15, 0.2) is 81.9 Å². The van der Waals surface area contributed by atoms with Crippen molar-refractivity contribution in [3.8, 4) is 11.5 Å². The van der Waals surface area contributed by atoms with Crippen LogP contribution in [0.3, 0.4) is 0 Å². The van der Waals surface area contributed by atoms with Gasteiger partial charge in [-0.15, -0.1) is 0 Å². The maximum atomic E-state index is 13.4. The van der Waals surface area contributed by atoms with Crippen LogP contribution in [-0.2, 0) is 4.79 Å². The number of benzene rings is 3. The van der Waals surface area contributed by atoms with Gasteiger partial charge < -0.3 is 13.9 Å². The van der Waals surface area contributed by atoms with Crippen molar-refractivity contribution in [2.45, 2.75) is 32.1 Å². The van der Waals surface area contributed by atoms with E-state index in [1.54, 1.807) is 42.5 Å². The van der Waals surface area contributed by atoms with E-state index in [0.717, 1.165) is 5.56 Å². The molecule has 0 spiro atoms. The minimum absolute atomic E-state index is 0.0696. The molecule has 6 nitrogen and oxygen atoms in total. The number of fused-ring (bicyclic) bond motifs is 4. The third-order valence-electron chi connectivity index (χ3n) is 6.76. The van der Waals surface area contributed by atoms with Gasteiger partial charge in [-0.05, 0) is 47.4 Å². The van der Waals surface area contributed by atoms with Gasteiger partial charge in [-0.25, -0.2) is 0 Å². The van der Waals surface area contributed by atoms with Crippen LogP contribution in [0.2, 0.25) is 0 Å². The third kappa shape index (κ3) is 3.53. The Morgan fingerprint density at radius 2 is 1.69 bits per heavy atom. The molecule has 2 aliphatic rings. The van der Waals surface area contributed by atoms with Gasteiger partial charge >= 0.3 is 5.97 Å². The summed E-state index contributed by atoms with van der Waals surface area (Å²) in [5.74, 6) is -0.233. The van der Waals surface area contributed by atoms with Crippen molar-refractivity contribution >= 4 is 28.8 Å². The second-order valence-electron chi connectivity index (χ2n) is 9.36. The molecule has 0 radical (unpaired) electrons. The Bertz CT molecular complexity index is 1640. The summed E-state index contributed by atoms with van der Waals surface area (Å²) in [5.41, 5.74) is 3.45. The van der Waals surface area contributed by atoms with Gasteiger partial charge in [0.25, 0.3) is 0 Å². The number of rotatable bonds is 3. The molecule has 0 unspecified atom stereocenters. The molecule has 0 N–H and O–H groups in total. The predicted octanol–water partition coefficient (Wildman–Crippen LogP) is 5.97. The number of carbonyl (C=O) groups is 2. The number of hydrogen-bond donors (Lipinski definition) is 0. The van der Waals surface area contributed by atoms with Crippen molar-refractivity contribution in [3.63, 3.8) is 0 Å². The van der Waals surface area contributed by atoms with Crippen molar-refractivity contribution in [1.82, 2.24) is 0 Å². The average molecular weight is 479 g/mol. The second-order valence-corrected chi connectivity index (χ2v) is 9.36. The van der Waals surface area contributed by atoms with Gasteiger partial charge in [0.15, 0.2) is 11.2 Å². The number of carbonyl (C=O) groups excluding carboxylic acids is 2. The zero-order valence-corrected chi connectivity index (χ0v) is 19.7. The quantitative estimate of drug-likeness (QED) is 0.205. The first-order valence-electron chi connectivity index (χ1n) is 11.8. The fraction of sp³-hybridized carbons (Fsp3) is 0.167. The Labute approximate surface area is 206 Å². The Hall–Kier alpha value is -4.45. The van der Waals surface area contributed by atoms with E-state index in [-0.39, 0.29) is 29.1 Å². The van der Waals surface area contributed by atoms with E-state index < -0.39 is 11.9 Å². The number of esters is 1. The van der Waals surface area contributed by atoms with E-state index in [4.69, 9.17) is 13.9 Å². The molecule has 6 heteroatoms. The van der Waals surface area contributed by atoms with E-state index >= 15 is 0 Å². The van der Waals surface area contributed by atoms with Crippen molar-refractivity contribution < 1.29 is 23.5 Å². The highest BCUT2D eigenvalue weighted by Gasteiger charge is 2.39. The smallest absolute Gasteiger partial charge is 0.312 e. The molecule has 0 saturated heterocycles. The van der Waals surface area contributed by atoms with Crippen molar-refractivity contribution in [2.24, 2.45) is 0 Å². The molecule has 178 valence electrons. The number of hydrogen-bond acceptors (Lipinski definition) is 6. The van der Waals surface area contributed by atoms with Gasteiger partial charge in [-0.2, -0.15) is 0 Å². The second kappa shape index (κ2) is 8.34. The van der Waals surface area contributed by atoms with Crippen LogP contribution in [0.4, 0.5) is 0 Å². The molecule has 0 bridgehead atoms. The predicted molar refractivity (Wildman–Crippen MR) is 134 cm³/mol. The fourth-order valence-corrected chi connectivity index (χ4v) is 4.83. The van der Waals surface area contributed by atoms with Gasteiger partial charge in [-0.1, -0.05) is 50.2 Å². The molecule has 1 aromatic heterocycles. The number of ketones is 1. The van der Waals surface area contributed by atoms with Crippen LogP contribution in [0, 0.1) is 0 Å². The summed E-state index contributed by atoms with van der Waals surface area (Å²) in [5, 5.41) is 0.422. The third-order valence-corrected chi connectivity index (χ3v) is 6.76. The summed E-state index contributed by atoms with van der Waals surface area (Å²) in [6.07, 6.45) is 3.02. The Balaban J connectivity index is 1.45. The summed E-state index contributed by atoms with van der Waals surface area (Å²) in [4.78, 5) is 39.0. The average Bonchev–Trinajstić information content (AvgIpc) is 3.19. The summed E-state index contributed by atoms with van der Waals surface area (Å²) in [6, 6.07) is 18.1. The molecule has 36 heavy (non-hydrogen) atoms. The van der Waals surface area contributed by atoms with Crippen molar-refractivity contribution in [1.29, 1.82) is 0 Å². The molecular weight excluding hydrogens is 456 g/mol. The van der Waals surface area contributed by atoms with Crippen LogP contribution < -0.4 is 14.9 Å². The largest absolute Gasteiger partial charge is 0.464 e. The maximum absolute atomic E-state index is 13.4. The van der Waals surface area contributed by atoms with Crippen LogP contribution in [-0.4, -0.2) is 11.8 Å². The highest BCUT2D eigenvalue weighted by molar-refractivity contribution is 6.15. The van der Waals surface area contributed by atoms with E-state index in [1.807, 2.05) is 24.3 Å². The summed E-state index contributed by atoms with van der Waals surface area (Å²) in [6.45, 7) is 4.24. The number of ether oxygens (including phenoxy) is 2. The highest BCUT2D eigenvalue weighted by Crippen LogP contribution is 2.48. The summed E-state index contributed by atoms with van der Waals surface area (Å²) in [7, 11) is 0. The SMILES string of the molecule is CC(C)c1ccc(/C=C2\Oc3c(ccc4c3[C@H](c3coc5ccccc5c3=O)CC(=O)O4)C2=O)cc1. The summed E-state index contributed by atoms with van der Waals surface area (Å²) >= 11 is 0. The molecule has 3 heterocycles. The maximum Gasteiger partial charge on any atom is 0.312 e. The highest BCUT2D eigenvalue weighted by atomic mass is 16.5. The Morgan fingerprint density at radius 3 is 2.47 bits per heavy atom. The van der Waals surface area contributed by atoms with Crippen molar-refractivity contribution in [2.75, 3.05) is 0 Å². The Kier molecular flexibility index (Phi) is 5.11. The molecule has 0 fully saturated rings. The molecule has 2 aliphatic heterocycles. The molecule has 0 saturated carbocycles. The molecule has 1 atom stereocenters. The van der Waals surface area contributed by atoms with Crippen LogP contribution >= 0.6 is 0 Å². The number of allylic oxidation sites excluding steroid dienone is 1. The van der Waals surface area contributed by atoms with Crippen LogP contribution in [0.25, 0.3) is 17.0 Å². The molecule has 0 amide bonds. The zero-order valence-electron chi connectivity index (χ0n) is 19.7. The molecular formula is C30H22O6. The van der Waals surface area contributed by atoms with E-state index in [1.165, 1.54) is 11.8 Å². The fourth-order valence-electron chi connectivity index (χ4n) is 4.83. The lowest BCUT2D eigenvalue weighted by Gasteiger charge is -2.25. The number of para-hydroxylation sites is 1. The van der Waals surface area contributed by atoms with Gasteiger partial charge in [-0.3, -0.25) is 14.4 Å². The molecule has 6 rings (SSSR count). The molecule has 0 aliphatic carbocycles. The first-order chi connectivity index (χ1) is 17.4. The first kappa shape index (κ1) is 22.0. The topological polar surface area (TPSA) is 82.8 Å². The Morgan fingerprint density at radius 1 is 0.917 bits per heavy atom. The first-order valence-corrected chi connectivity index (χ1v) is 11.8.